The Balaban J connectivity index is 1.17. The standard InChI is InChI=1S/C48H33N3/c1-3-12-41-43(29-35-16-11-28-50-47(35)48(41)49-2)40-26-25-36(38-18-9-10-19-39(38)40)33-20-22-34(23-21-33)45-30-42(31-13-5-4-6-14-31)46-37-17-8-7-15-32(37)24-27-44(46)51-45/h3-30H,2H2,1H3/b12-3-. The van der Waals surface area contributed by atoms with Gasteiger partial charge in [-0.3, -0.25) is 9.98 Å². The van der Waals surface area contributed by atoms with Gasteiger partial charge >= 0.3 is 0 Å². The first-order valence-electron chi connectivity index (χ1n) is 17.2. The number of aromatic nitrogens is 2. The molecule has 0 aliphatic heterocycles. The molecular formula is C48H33N3. The highest BCUT2D eigenvalue weighted by Gasteiger charge is 2.17. The molecule has 0 atom stereocenters. The molecule has 0 fully saturated rings. The van der Waals surface area contributed by atoms with Crippen molar-refractivity contribution in [2.75, 3.05) is 0 Å². The van der Waals surface area contributed by atoms with E-state index < -0.39 is 0 Å². The first-order chi connectivity index (χ1) is 25.2. The fourth-order valence-electron chi connectivity index (χ4n) is 7.55. The molecule has 51 heavy (non-hydrogen) atoms. The average molecular weight is 652 g/mol. The van der Waals surface area contributed by atoms with E-state index in [1.165, 1.54) is 43.6 Å². The maximum atomic E-state index is 5.22. The summed E-state index contributed by atoms with van der Waals surface area (Å²) >= 11 is 0. The zero-order valence-electron chi connectivity index (χ0n) is 28.2. The lowest BCUT2D eigenvalue weighted by atomic mass is 9.88. The Morgan fingerprint density at radius 3 is 2.00 bits per heavy atom. The Labute approximate surface area is 296 Å². The van der Waals surface area contributed by atoms with Crippen LogP contribution in [-0.4, -0.2) is 16.7 Å². The van der Waals surface area contributed by atoms with Gasteiger partial charge in [0, 0.05) is 28.1 Å². The van der Waals surface area contributed by atoms with Crippen LogP contribution in [0.2, 0.25) is 0 Å². The van der Waals surface area contributed by atoms with Crippen LogP contribution in [0.25, 0.3) is 94.1 Å². The van der Waals surface area contributed by atoms with Crippen molar-refractivity contribution in [2.24, 2.45) is 4.99 Å². The molecule has 0 aliphatic rings. The zero-order chi connectivity index (χ0) is 34.3. The van der Waals surface area contributed by atoms with Gasteiger partial charge in [-0.05, 0) is 92.8 Å². The van der Waals surface area contributed by atoms with Crippen LogP contribution >= 0.6 is 0 Å². The minimum Gasteiger partial charge on any atom is -0.262 e. The highest BCUT2D eigenvalue weighted by atomic mass is 14.8. The molecular weight excluding hydrogens is 619 g/mol. The smallest absolute Gasteiger partial charge is 0.0964 e. The lowest BCUT2D eigenvalue weighted by molar-refractivity contribution is 1.39. The predicted molar refractivity (Wildman–Crippen MR) is 218 cm³/mol. The third kappa shape index (κ3) is 5.19. The number of hydrogen-bond acceptors (Lipinski definition) is 3. The molecule has 0 amide bonds. The number of nitrogens with zero attached hydrogens (tertiary/aromatic N) is 3. The molecule has 9 aromatic rings. The number of fused-ring (bicyclic) bond motifs is 5. The number of allylic oxidation sites excluding steroid dienone is 1. The highest BCUT2D eigenvalue weighted by Crippen LogP contribution is 2.43. The molecule has 3 heteroatoms. The molecule has 0 saturated heterocycles. The molecule has 2 aromatic heterocycles. The van der Waals surface area contributed by atoms with Crippen LogP contribution in [-0.2, 0) is 0 Å². The minimum atomic E-state index is 0.802. The average Bonchev–Trinajstić information content (AvgIpc) is 3.20. The Morgan fingerprint density at radius 1 is 0.549 bits per heavy atom. The van der Waals surface area contributed by atoms with Gasteiger partial charge in [0.25, 0.3) is 0 Å². The van der Waals surface area contributed by atoms with Crippen molar-refractivity contribution in [2.45, 2.75) is 6.92 Å². The number of rotatable bonds is 6. The van der Waals surface area contributed by atoms with Crippen molar-refractivity contribution in [1.82, 2.24) is 9.97 Å². The van der Waals surface area contributed by atoms with E-state index >= 15 is 0 Å². The Bertz CT molecular complexity index is 2810. The summed E-state index contributed by atoms with van der Waals surface area (Å²) in [5.41, 5.74) is 12.7. The van der Waals surface area contributed by atoms with Crippen LogP contribution in [0.1, 0.15) is 12.5 Å². The van der Waals surface area contributed by atoms with Gasteiger partial charge in [-0.25, -0.2) is 4.98 Å². The number of aliphatic imine (C=N–C) groups is 1. The quantitative estimate of drug-likeness (QED) is 0.133. The molecule has 240 valence electrons. The van der Waals surface area contributed by atoms with E-state index in [-0.39, 0.29) is 0 Å². The fraction of sp³-hybridized carbons (Fsp3) is 0.0208. The van der Waals surface area contributed by atoms with E-state index in [1.807, 2.05) is 19.2 Å². The van der Waals surface area contributed by atoms with Gasteiger partial charge in [0.05, 0.1) is 22.4 Å². The van der Waals surface area contributed by atoms with Gasteiger partial charge in [-0.15, -0.1) is 0 Å². The lowest BCUT2D eigenvalue weighted by Gasteiger charge is -2.17. The van der Waals surface area contributed by atoms with Crippen LogP contribution in [0, 0.1) is 0 Å². The van der Waals surface area contributed by atoms with Gasteiger partial charge in [-0.1, -0.05) is 140 Å². The third-order valence-corrected chi connectivity index (χ3v) is 9.89. The summed E-state index contributed by atoms with van der Waals surface area (Å²) in [6, 6.07) is 54.0. The normalized spacial score (nSPS) is 11.6. The van der Waals surface area contributed by atoms with Crippen molar-refractivity contribution in [3.8, 4) is 44.6 Å². The second-order valence-corrected chi connectivity index (χ2v) is 12.8. The van der Waals surface area contributed by atoms with Gasteiger partial charge in [0.2, 0.25) is 0 Å². The largest absolute Gasteiger partial charge is 0.262 e. The highest BCUT2D eigenvalue weighted by molar-refractivity contribution is 6.14. The first kappa shape index (κ1) is 30.4. The predicted octanol–water partition coefficient (Wildman–Crippen LogP) is 13.1. The van der Waals surface area contributed by atoms with Crippen molar-refractivity contribution in [1.29, 1.82) is 0 Å². The maximum absolute atomic E-state index is 5.22. The third-order valence-electron chi connectivity index (χ3n) is 9.89. The Kier molecular flexibility index (Phi) is 7.52. The summed E-state index contributed by atoms with van der Waals surface area (Å²) in [7, 11) is 0. The SMILES string of the molecule is C=Nc1c(/C=C\C)c(-c2ccc(-c3ccc(-c4cc(-c5ccccc5)c5c(ccc6ccccc65)n4)cc3)c3ccccc23)cc2cccnc12. The van der Waals surface area contributed by atoms with Crippen LogP contribution in [0.4, 0.5) is 5.69 Å². The molecule has 9 rings (SSSR count). The molecule has 0 unspecified atom stereocenters. The summed E-state index contributed by atoms with van der Waals surface area (Å²) in [5.74, 6) is 0. The number of pyridine rings is 2. The molecule has 0 saturated carbocycles. The number of hydrogen-bond donors (Lipinski definition) is 0. The van der Waals surface area contributed by atoms with Gasteiger partial charge in [0.15, 0.2) is 0 Å². The molecule has 0 bridgehead atoms. The maximum Gasteiger partial charge on any atom is 0.0964 e. The zero-order valence-corrected chi connectivity index (χ0v) is 28.2. The summed E-state index contributed by atoms with van der Waals surface area (Å²) in [6.45, 7) is 5.95. The summed E-state index contributed by atoms with van der Waals surface area (Å²) in [4.78, 5) is 14.3. The molecule has 0 N–H and O–H groups in total. The van der Waals surface area contributed by atoms with Gasteiger partial charge < -0.3 is 0 Å². The van der Waals surface area contributed by atoms with Crippen molar-refractivity contribution >= 4 is 61.8 Å². The van der Waals surface area contributed by atoms with Crippen LogP contribution < -0.4 is 0 Å². The lowest BCUT2D eigenvalue weighted by Crippen LogP contribution is -1.92. The molecule has 3 nitrogen and oxygen atoms in total. The summed E-state index contributed by atoms with van der Waals surface area (Å²) in [6.07, 6.45) is 5.98. The van der Waals surface area contributed by atoms with Crippen LogP contribution in [0.3, 0.4) is 0 Å². The molecule has 7 aromatic carbocycles. The minimum absolute atomic E-state index is 0.802. The number of benzene rings is 7. The van der Waals surface area contributed by atoms with E-state index in [9.17, 15) is 0 Å². The van der Waals surface area contributed by atoms with E-state index in [0.29, 0.717) is 0 Å². The summed E-state index contributed by atoms with van der Waals surface area (Å²) in [5, 5.41) is 7.02. The Hall–Kier alpha value is -6.71. The van der Waals surface area contributed by atoms with E-state index in [1.54, 1.807) is 0 Å². The van der Waals surface area contributed by atoms with Crippen molar-refractivity contribution < 1.29 is 0 Å². The van der Waals surface area contributed by atoms with E-state index in [4.69, 9.17) is 4.98 Å². The monoisotopic (exact) mass is 651 g/mol. The van der Waals surface area contributed by atoms with E-state index in [0.717, 1.165) is 55.6 Å². The topological polar surface area (TPSA) is 38.1 Å². The van der Waals surface area contributed by atoms with E-state index in [2.05, 4.69) is 174 Å². The fourth-order valence-corrected chi connectivity index (χ4v) is 7.55. The van der Waals surface area contributed by atoms with Crippen molar-refractivity contribution in [3.63, 3.8) is 0 Å². The molecule has 0 aliphatic carbocycles. The Morgan fingerprint density at radius 2 is 1.22 bits per heavy atom. The second kappa shape index (κ2) is 12.6. The molecule has 0 spiro atoms. The van der Waals surface area contributed by atoms with Crippen molar-refractivity contribution in [3.05, 3.63) is 169 Å². The second-order valence-electron chi connectivity index (χ2n) is 12.8. The molecule has 0 radical (unpaired) electrons. The van der Waals surface area contributed by atoms with Crippen LogP contribution in [0.5, 0.6) is 0 Å². The summed E-state index contributed by atoms with van der Waals surface area (Å²) < 4.78 is 0. The first-order valence-corrected chi connectivity index (χ1v) is 17.2. The van der Waals surface area contributed by atoms with Gasteiger partial charge in [-0.2, -0.15) is 0 Å². The molecule has 2 heterocycles. The van der Waals surface area contributed by atoms with Crippen LogP contribution in [0.15, 0.2) is 169 Å². The van der Waals surface area contributed by atoms with Gasteiger partial charge in [0.1, 0.15) is 0 Å².